The molecule has 25 heteroatoms. The summed E-state index contributed by atoms with van der Waals surface area (Å²) in [4.78, 5) is 99.5. The number of rotatable bonds is 31. The van der Waals surface area contributed by atoms with Gasteiger partial charge in [0.05, 0.1) is 6.04 Å². The Bertz CT molecular complexity index is 2700. The zero-order valence-electron chi connectivity index (χ0n) is 41.8. The number of guanidine groups is 4. The summed E-state index contributed by atoms with van der Waals surface area (Å²) in [5, 5.41) is 27.5. The minimum absolute atomic E-state index is 0.0128. The third-order valence-corrected chi connectivity index (χ3v) is 11.8. The molecule has 4 aromatic carbocycles. The number of nitrogens with two attached hydrogens (primary N) is 9. The van der Waals surface area contributed by atoms with Crippen molar-refractivity contribution in [2.24, 2.45) is 71.6 Å². The Labute approximate surface area is 434 Å². The summed E-state index contributed by atoms with van der Waals surface area (Å²) in [6.45, 7) is 0.425. The quantitative estimate of drug-likeness (QED) is 0.0145. The fourth-order valence-electron chi connectivity index (χ4n) is 7.95. The number of amides is 5. The van der Waals surface area contributed by atoms with Crippen molar-refractivity contribution in [3.05, 3.63) is 96.1 Å². The Morgan fingerprint density at radius 3 is 1.08 bits per heavy atom. The fourth-order valence-corrected chi connectivity index (χ4v) is 7.95. The number of carbonyl (C=O) groups is 6. The van der Waals surface area contributed by atoms with Gasteiger partial charge in [-0.2, -0.15) is 0 Å². The van der Waals surface area contributed by atoms with Gasteiger partial charge in [0, 0.05) is 39.0 Å². The molecular weight excluding hydrogens is 965 g/mol. The maximum Gasteiger partial charge on any atom is 0.326 e. The van der Waals surface area contributed by atoms with Gasteiger partial charge >= 0.3 is 5.97 Å². The van der Waals surface area contributed by atoms with E-state index in [1.807, 2.05) is 72.8 Å². The number of hydrogen-bond acceptors (Lipinski definition) is 11. The summed E-state index contributed by atoms with van der Waals surface area (Å²) < 4.78 is 0. The maximum absolute atomic E-state index is 14.6. The molecule has 0 unspecified atom stereocenters. The summed E-state index contributed by atoms with van der Waals surface area (Å²) in [5.41, 5.74) is 51.5. The Hall–Kier alpha value is -8.74. The Morgan fingerprint density at radius 1 is 0.400 bits per heavy atom. The molecular formula is C50H72N18O7. The Kier molecular flexibility index (Phi) is 23.8. The molecule has 25 nitrogen and oxygen atoms in total. The molecule has 0 saturated carbocycles. The first-order valence-electron chi connectivity index (χ1n) is 24.5. The molecule has 0 bridgehead atoms. The molecule has 6 atom stereocenters. The van der Waals surface area contributed by atoms with Crippen molar-refractivity contribution in [3.63, 3.8) is 0 Å². The number of carbonyl (C=O) groups excluding carboxylic acids is 5. The number of nitrogens with one attached hydrogen (secondary N) is 5. The summed E-state index contributed by atoms with van der Waals surface area (Å²) in [7, 11) is 0. The van der Waals surface area contributed by atoms with Gasteiger partial charge in [-0.1, -0.05) is 84.9 Å². The second-order valence-electron chi connectivity index (χ2n) is 17.8. The van der Waals surface area contributed by atoms with E-state index >= 15 is 0 Å². The fraction of sp³-hybridized carbons (Fsp3) is 0.400. The van der Waals surface area contributed by atoms with Gasteiger partial charge in [0.2, 0.25) is 29.5 Å². The van der Waals surface area contributed by atoms with Crippen LogP contribution in [0, 0.1) is 0 Å². The lowest BCUT2D eigenvalue weighted by Gasteiger charge is -2.27. The SMILES string of the molecule is NC(N)=NCCC[C@H](NC(=O)[C@H](CCCN=C(N)N)NC(=O)[C@H](CCCN=C(N)N)NC(=O)[C@@H](N)CCCN=C(N)N)C(=O)N[C@@H](Cc1ccc2ccccc2c1)C(=O)N[C@@H](Cc1ccc2ccccc2c1)C(=O)O. The lowest BCUT2D eigenvalue weighted by atomic mass is 9.99. The van der Waals surface area contributed by atoms with Gasteiger partial charge in [0.15, 0.2) is 23.8 Å². The highest BCUT2D eigenvalue weighted by atomic mass is 16.4. The van der Waals surface area contributed by atoms with Gasteiger partial charge in [-0.3, -0.25) is 43.9 Å². The molecule has 0 aliphatic carbocycles. The zero-order valence-corrected chi connectivity index (χ0v) is 41.8. The van der Waals surface area contributed by atoms with Gasteiger partial charge in [0.25, 0.3) is 0 Å². The highest BCUT2D eigenvalue weighted by Crippen LogP contribution is 2.19. The van der Waals surface area contributed by atoms with E-state index in [0.29, 0.717) is 17.5 Å². The third-order valence-electron chi connectivity index (χ3n) is 11.8. The van der Waals surface area contributed by atoms with Crippen molar-refractivity contribution < 1.29 is 33.9 Å². The van der Waals surface area contributed by atoms with Gasteiger partial charge in [-0.05, 0) is 84.0 Å². The summed E-state index contributed by atoms with van der Waals surface area (Å²) >= 11 is 0. The minimum atomic E-state index is -1.40. The van der Waals surface area contributed by atoms with Crippen LogP contribution in [0.4, 0.5) is 0 Å². The van der Waals surface area contributed by atoms with Crippen molar-refractivity contribution in [2.75, 3.05) is 26.2 Å². The van der Waals surface area contributed by atoms with E-state index in [0.717, 1.165) is 21.5 Å². The zero-order chi connectivity index (χ0) is 54.9. The van der Waals surface area contributed by atoms with Crippen molar-refractivity contribution in [3.8, 4) is 0 Å². The van der Waals surface area contributed by atoms with Crippen molar-refractivity contribution in [2.45, 2.75) is 100 Å². The van der Waals surface area contributed by atoms with Crippen LogP contribution in [0.25, 0.3) is 21.5 Å². The number of aliphatic imine (C=N–C) groups is 4. The molecule has 75 heavy (non-hydrogen) atoms. The molecule has 4 aromatic rings. The average molecular weight is 1040 g/mol. The highest BCUT2D eigenvalue weighted by molar-refractivity contribution is 5.97. The first-order chi connectivity index (χ1) is 35.8. The van der Waals surface area contributed by atoms with E-state index in [-0.39, 0.29) is 108 Å². The number of carboxylic acid groups (broad SMARTS) is 1. The molecule has 0 fully saturated rings. The van der Waals surface area contributed by atoms with Gasteiger partial charge in [-0.25, -0.2) is 4.79 Å². The number of benzene rings is 4. The number of carboxylic acids is 1. The van der Waals surface area contributed by atoms with Crippen LogP contribution in [0.2, 0.25) is 0 Å². The molecule has 0 aliphatic heterocycles. The largest absolute Gasteiger partial charge is 0.480 e. The normalized spacial score (nSPS) is 13.3. The van der Waals surface area contributed by atoms with E-state index < -0.39 is 71.8 Å². The molecule has 0 radical (unpaired) electrons. The Morgan fingerprint density at radius 2 is 0.707 bits per heavy atom. The third kappa shape index (κ3) is 21.1. The minimum Gasteiger partial charge on any atom is -0.480 e. The van der Waals surface area contributed by atoms with E-state index in [2.05, 4.69) is 46.6 Å². The van der Waals surface area contributed by atoms with E-state index in [4.69, 9.17) is 51.6 Å². The molecule has 5 amide bonds. The predicted octanol–water partition coefficient (Wildman–Crippen LogP) is -2.17. The van der Waals surface area contributed by atoms with Crippen LogP contribution >= 0.6 is 0 Å². The molecule has 4 rings (SSSR count). The van der Waals surface area contributed by atoms with E-state index in [1.165, 1.54) is 0 Å². The van der Waals surface area contributed by atoms with Crippen LogP contribution in [0.15, 0.2) is 105 Å². The number of nitrogens with zero attached hydrogens (tertiary/aromatic N) is 4. The van der Waals surface area contributed by atoms with Gasteiger partial charge in [-0.15, -0.1) is 0 Å². The van der Waals surface area contributed by atoms with Crippen LogP contribution in [0.3, 0.4) is 0 Å². The molecule has 0 aliphatic rings. The molecule has 404 valence electrons. The lowest BCUT2D eigenvalue weighted by Crippen LogP contribution is -2.59. The monoisotopic (exact) mass is 1040 g/mol. The summed E-state index contributed by atoms with van der Waals surface area (Å²) in [6.07, 6.45) is 0.794. The molecule has 0 spiro atoms. The van der Waals surface area contributed by atoms with Crippen LogP contribution in [0.5, 0.6) is 0 Å². The van der Waals surface area contributed by atoms with Crippen molar-refractivity contribution >= 4 is 80.9 Å². The van der Waals surface area contributed by atoms with Crippen molar-refractivity contribution in [1.82, 2.24) is 26.6 Å². The standard InChI is InChI=1S/C50H72N18O7/c51-35(13-5-21-60-47(52)53)41(69)64-36(14-6-22-61-48(54)55)42(70)65-37(15-7-23-62-49(56)57)43(71)66-38(16-8-24-63-50(58)59)44(72)67-39(27-29-17-19-31-9-1-3-11-33(31)25-29)45(73)68-40(46(74)75)28-30-18-20-32-10-2-4-12-34(32)26-30/h1-4,9-12,17-20,25-26,35-40H,5-8,13-16,21-24,27-28,51H2,(H,64,69)(H,65,70)(H,66,71)(H,67,72)(H,68,73)(H,74,75)(H4,52,53,60)(H4,54,55,61)(H4,56,57,62)(H4,58,59,63)/t35-,36-,37-,38-,39-,40-/m0/s1. The smallest absolute Gasteiger partial charge is 0.326 e. The predicted molar refractivity (Wildman–Crippen MR) is 290 cm³/mol. The average Bonchev–Trinajstić information content (AvgIpc) is 3.36. The Balaban J connectivity index is 1.65. The summed E-state index contributed by atoms with van der Waals surface area (Å²) in [5.74, 6) is -5.92. The molecule has 24 N–H and O–H groups in total. The van der Waals surface area contributed by atoms with Crippen molar-refractivity contribution in [1.29, 1.82) is 0 Å². The van der Waals surface area contributed by atoms with Gasteiger partial charge < -0.3 is 83.3 Å². The first kappa shape index (κ1) is 58.8. The summed E-state index contributed by atoms with van der Waals surface area (Å²) in [6, 6.07) is 18.3. The topological polar surface area (TPSA) is 466 Å². The van der Waals surface area contributed by atoms with Gasteiger partial charge in [0.1, 0.15) is 30.2 Å². The molecule has 0 heterocycles. The van der Waals surface area contributed by atoms with Crippen LogP contribution in [-0.2, 0) is 41.6 Å². The van der Waals surface area contributed by atoms with Crippen LogP contribution < -0.4 is 78.2 Å². The van der Waals surface area contributed by atoms with E-state index in [1.54, 1.807) is 12.1 Å². The number of aliphatic carboxylic acids is 1. The number of fused-ring (bicyclic) bond motifs is 2. The first-order valence-corrected chi connectivity index (χ1v) is 24.5. The molecule has 0 saturated heterocycles. The number of hydrogen-bond donors (Lipinski definition) is 15. The maximum atomic E-state index is 14.6. The second-order valence-corrected chi connectivity index (χ2v) is 17.8. The second kappa shape index (κ2) is 30.3. The lowest BCUT2D eigenvalue weighted by molar-refractivity contribution is -0.142. The van der Waals surface area contributed by atoms with Crippen LogP contribution in [-0.4, -0.2) is 127 Å². The van der Waals surface area contributed by atoms with E-state index in [9.17, 15) is 33.9 Å². The molecule has 0 aromatic heterocycles. The highest BCUT2D eigenvalue weighted by Gasteiger charge is 2.33. The van der Waals surface area contributed by atoms with Crippen LogP contribution in [0.1, 0.15) is 62.5 Å².